The lowest BCUT2D eigenvalue weighted by Gasteiger charge is -2.26. The van der Waals surface area contributed by atoms with E-state index in [1.165, 1.54) is 6.07 Å². The number of benzene rings is 1. The molecule has 0 atom stereocenters. The molecule has 0 radical (unpaired) electrons. The Kier molecular flexibility index (Phi) is 5.57. The Morgan fingerprint density at radius 3 is 2.84 bits per heavy atom. The number of nitrogens with one attached hydrogen (secondary N) is 1. The average Bonchev–Trinajstić information content (AvgIpc) is 2.43. The second-order valence-electron chi connectivity index (χ2n) is 4.60. The second kappa shape index (κ2) is 7.43. The van der Waals surface area contributed by atoms with E-state index >= 15 is 0 Å². The highest BCUT2D eigenvalue weighted by molar-refractivity contribution is 5.29. The number of rotatable bonds is 6. The van der Waals surface area contributed by atoms with E-state index in [9.17, 15) is 4.39 Å². The Hall–Kier alpha value is -1.17. The minimum Gasteiger partial charge on any atom is -0.489 e. The van der Waals surface area contributed by atoms with Crippen molar-refractivity contribution in [2.75, 3.05) is 46.5 Å². The smallest absolute Gasteiger partial charge is 0.165 e. The van der Waals surface area contributed by atoms with Crippen molar-refractivity contribution in [2.45, 2.75) is 6.54 Å². The van der Waals surface area contributed by atoms with Gasteiger partial charge in [-0.05, 0) is 24.7 Å². The van der Waals surface area contributed by atoms with Gasteiger partial charge in [0.25, 0.3) is 0 Å². The molecule has 1 saturated heterocycles. The zero-order valence-electron chi connectivity index (χ0n) is 11.3. The van der Waals surface area contributed by atoms with E-state index in [0.29, 0.717) is 18.9 Å². The number of halogens is 1. The van der Waals surface area contributed by atoms with Crippen LogP contribution in [0.1, 0.15) is 5.56 Å². The fraction of sp³-hybridized carbons (Fsp3) is 0.571. The Morgan fingerprint density at radius 1 is 1.37 bits per heavy atom. The standard InChI is InChI=1S/C14H21FN2O2/c1-16-11-12-2-3-14(13(15)10-12)19-9-6-17-4-7-18-8-5-17/h2-3,10,16H,4-9,11H2,1H3. The molecule has 106 valence electrons. The van der Waals surface area contributed by atoms with Crippen LogP contribution in [0.15, 0.2) is 18.2 Å². The summed E-state index contributed by atoms with van der Waals surface area (Å²) in [4.78, 5) is 2.26. The zero-order valence-corrected chi connectivity index (χ0v) is 11.3. The fourth-order valence-corrected chi connectivity index (χ4v) is 2.08. The van der Waals surface area contributed by atoms with E-state index in [-0.39, 0.29) is 5.82 Å². The molecule has 1 aromatic rings. The van der Waals surface area contributed by atoms with Crippen LogP contribution in [0.25, 0.3) is 0 Å². The summed E-state index contributed by atoms with van der Waals surface area (Å²) in [6.07, 6.45) is 0. The van der Waals surface area contributed by atoms with Gasteiger partial charge in [-0.25, -0.2) is 4.39 Å². The van der Waals surface area contributed by atoms with E-state index in [1.807, 2.05) is 13.1 Å². The molecule has 1 aromatic carbocycles. The third kappa shape index (κ3) is 4.45. The predicted molar refractivity (Wildman–Crippen MR) is 71.9 cm³/mol. The summed E-state index contributed by atoms with van der Waals surface area (Å²) in [6.45, 7) is 5.36. The van der Waals surface area contributed by atoms with E-state index in [2.05, 4.69) is 10.2 Å². The molecule has 1 aliphatic rings. The zero-order chi connectivity index (χ0) is 13.5. The van der Waals surface area contributed by atoms with Crippen molar-refractivity contribution in [3.05, 3.63) is 29.6 Å². The maximum atomic E-state index is 13.8. The van der Waals surface area contributed by atoms with Crippen molar-refractivity contribution in [1.29, 1.82) is 0 Å². The van der Waals surface area contributed by atoms with E-state index in [0.717, 1.165) is 38.4 Å². The summed E-state index contributed by atoms with van der Waals surface area (Å²) in [6, 6.07) is 5.09. The van der Waals surface area contributed by atoms with Gasteiger partial charge in [0.15, 0.2) is 11.6 Å². The lowest BCUT2D eigenvalue weighted by Crippen LogP contribution is -2.38. The number of nitrogens with zero attached hydrogens (tertiary/aromatic N) is 1. The molecule has 1 fully saturated rings. The first-order valence-corrected chi connectivity index (χ1v) is 6.65. The Bertz CT molecular complexity index is 395. The molecule has 0 amide bonds. The summed E-state index contributed by atoms with van der Waals surface area (Å²) in [5.41, 5.74) is 0.917. The molecule has 0 unspecified atom stereocenters. The van der Waals surface area contributed by atoms with E-state index in [4.69, 9.17) is 9.47 Å². The SMILES string of the molecule is CNCc1ccc(OCCN2CCOCC2)c(F)c1. The summed E-state index contributed by atoms with van der Waals surface area (Å²) in [7, 11) is 1.84. The van der Waals surface area contributed by atoms with Crippen LogP contribution in [0.3, 0.4) is 0 Å². The minimum atomic E-state index is -0.297. The molecule has 1 aliphatic heterocycles. The van der Waals surface area contributed by atoms with Crippen LogP contribution in [0.4, 0.5) is 4.39 Å². The Labute approximate surface area is 113 Å². The normalized spacial score (nSPS) is 16.5. The molecule has 1 N–H and O–H groups in total. The molecular formula is C14H21FN2O2. The van der Waals surface area contributed by atoms with E-state index < -0.39 is 0 Å². The van der Waals surface area contributed by atoms with Gasteiger partial charge in [-0.3, -0.25) is 4.90 Å². The van der Waals surface area contributed by atoms with Gasteiger partial charge < -0.3 is 14.8 Å². The van der Waals surface area contributed by atoms with Crippen LogP contribution in [0.5, 0.6) is 5.75 Å². The van der Waals surface area contributed by atoms with Gasteiger partial charge >= 0.3 is 0 Å². The van der Waals surface area contributed by atoms with Crippen LogP contribution in [-0.4, -0.2) is 51.4 Å². The minimum absolute atomic E-state index is 0.297. The number of hydrogen-bond acceptors (Lipinski definition) is 4. The predicted octanol–water partition coefficient (Wildman–Crippen LogP) is 1.26. The van der Waals surface area contributed by atoms with Crippen molar-refractivity contribution in [3.63, 3.8) is 0 Å². The van der Waals surface area contributed by atoms with Gasteiger partial charge in [0.2, 0.25) is 0 Å². The quantitative estimate of drug-likeness (QED) is 0.842. The average molecular weight is 268 g/mol. The monoisotopic (exact) mass is 268 g/mol. The van der Waals surface area contributed by atoms with Gasteiger partial charge in [-0.1, -0.05) is 6.07 Å². The first-order chi connectivity index (χ1) is 9.29. The van der Waals surface area contributed by atoms with Crippen LogP contribution in [-0.2, 0) is 11.3 Å². The molecular weight excluding hydrogens is 247 g/mol. The summed E-state index contributed by atoms with van der Waals surface area (Å²) in [5.74, 6) is 0.0304. The lowest BCUT2D eigenvalue weighted by molar-refractivity contribution is 0.0320. The van der Waals surface area contributed by atoms with Gasteiger partial charge in [0.05, 0.1) is 13.2 Å². The maximum Gasteiger partial charge on any atom is 0.165 e. The summed E-state index contributed by atoms with van der Waals surface area (Å²) >= 11 is 0. The molecule has 0 saturated carbocycles. The molecule has 5 heteroatoms. The van der Waals surface area contributed by atoms with Gasteiger partial charge in [-0.15, -0.1) is 0 Å². The Balaban J connectivity index is 1.78. The van der Waals surface area contributed by atoms with E-state index in [1.54, 1.807) is 6.07 Å². The molecule has 0 aromatic heterocycles. The molecule has 0 aliphatic carbocycles. The number of hydrogen-bond donors (Lipinski definition) is 1. The van der Waals surface area contributed by atoms with Crippen LogP contribution in [0.2, 0.25) is 0 Å². The molecule has 1 heterocycles. The van der Waals surface area contributed by atoms with Gasteiger partial charge in [0.1, 0.15) is 6.61 Å². The van der Waals surface area contributed by atoms with Crippen molar-refractivity contribution in [2.24, 2.45) is 0 Å². The van der Waals surface area contributed by atoms with Crippen molar-refractivity contribution in [1.82, 2.24) is 10.2 Å². The summed E-state index contributed by atoms with van der Waals surface area (Å²) < 4.78 is 24.5. The third-order valence-corrected chi connectivity index (χ3v) is 3.15. The largest absolute Gasteiger partial charge is 0.489 e. The molecule has 4 nitrogen and oxygen atoms in total. The maximum absolute atomic E-state index is 13.8. The highest BCUT2D eigenvalue weighted by Crippen LogP contribution is 2.18. The molecule has 19 heavy (non-hydrogen) atoms. The molecule has 2 rings (SSSR count). The fourth-order valence-electron chi connectivity index (χ4n) is 2.08. The van der Waals surface area contributed by atoms with Crippen molar-refractivity contribution in [3.8, 4) is 5.75 Å². The van der Waals surface area contributed by atoms with Crippen LogP contribution >= 0.6 is 0 Å². The highest BCUT2D eigenvalue weighted by atomic mass is 19.1. The molecule has 0 spiro atoms. The first kappa shape index (κ1) is 14.2. The van der Waals surface area contributed by atoms with Gasteiger partial charge in [-0.2, -0.15) is 0 Å². The van der Waals surface area contributed by atoms with Crippen LogP contribution in [0, 0.1) is 5.82 Å². The molecule has 0 bridgehead atoms. The van der Waals surface area contributed by atoms with Crippen molar-refractivity contribution < 1.29 is 13.9 Å². The number of morpholine rings is 1. The topological polar surface area (TPSA) is 33.7 Å². The van der Waals surface area contributed by atoms with Crippen molar-refractivity contribution >= 4 is 0 Å². The Morgan fingerprint density at radius 2 is 2.16 bits per heavy atom. The first-order valence-electron chi connectivity index (χ1n) is 6.65. The highest BCUT2D eigenvalue weighted by Gasteiger charge is 2.10. The van der Waals surface area contributed by atoms with Crippen LogP contribution < -0.4 is 10.1 Å². The lowest BCUT2D eigenvalue weighted by atomic mass is 10.2. The third-order valence-electron chi connectivity index (χ3n) is 3.15. The summed E-state index contributed by atoms with van der Waals surface area (Å²) in [5, 5.41) is 2.99. The number of ether oxygens (including phenoxy) is 2. The second-order valence-corrected chi connectivity index (χ2v) is 4.60. The van der Waals surface area contributed by atoms with Gasteiger partial charge in [0, 0.05) is 26.2 Å².